The van der Waals surface area contributed by atoms with Gasteiger partial charge >= 0.3 is 0 Å². The maximum atomic E-state index is 12.4. The minimum Gasteiger partial charge on any atom is -0.441 e. The zero-order valence-electron chi connectivity index (χ0n) is 17.1. The molecule has 1 N–H and O–H groups in total. The minimum absolute atomic E-state index is 0.0237. The van der Waals surface area contributed by atoms with Crippen LogP contribution in [0.5, 0.6) is 0 Å². The quantitative estimate of drug-likeness (QED) is 0.556. The molecule has 0 unspecified atom stereocenters. The Kier molecular flexibility index (Phi) is 5.94. The van der Waals surface area contributed by atoms with Gasteiger partial charge in [-0.05, 0) is 25.1 Å². The van der Waals surface area contributed by atoms with Gasteiger partial charge in [-0.25, -0.2) is 23.1 Å². The Labute approximate surface area is 193 Å². The topological polar surface area (TPSA) is 129 Å². The Hall–Kier alpha value is -2.94. The second kappa shape index (κ2) is 8.54. The number of sulfonamides is 1. The number of anilines is 1. The first-order valence-corrected chi connectivity index (χ1v) is 12.3. The number of rotatable bonds is 6. The number of oxazole rings is 1. The van der Waals surface area contributed by atoms with Gasteiger partial charge in [-0.15, -0.1) is 11.3 Å². The number of carbonyl (C=O) groups is 1. The molecule has 0 radical (unpaired) electrons. The van der Waals surface area contributed by atoms with Crippen molar-refractivity contribution in [3.8, 4) is 17.5 Å². The number of halogens is 1. The summed E-state index contributed by atoms with van der Waals surface area (Å²) in [6, 6.07) is 6.60. The summed E-state index contributed by atoms with van der Waals surface area (Å²) in [4.78, 5) is 23.0. The van der Waals surface area contributed by atoms with Gasteiger partial charge < -0.3 is 9.32 Å². The van der Waals surface area contributed by atoms with Gasteiger partial charge in [0.25, 0.3) is 10.0 Å². The lowest BCUT2D eigenvalue weighted by Crippen LogP contribution is -2.55. The molecule has 0 aliphatic carbocycles. The van der Waals surface area contributed by atoms with Gasteiger partial charge in [0, 0.05) is 19.5 Å². The average molecular weight is 492 g/mol. The lowest BCUT2D eigenvalue weighted by atomic mass is 9.98. The first-order chi connectivity index (χ1) is 15.2. The van der Waals surface area contributed by atoms with Crippen LogP contribution in [-0.4, -0.2) is 37.4 Å². The lowest BCUT2D eigenvalue weighted by molar-refractivity contribution is -0.123. The number of nitrogens with one attached hydrogen (secondary N) is 1. The molecule has 0 bridgehead atoms. The van der Waals surface area contributed by atoms with Crippen LogP contribution >= 0.6 is 22.9 Å². The molecule has 4 rings (SSSR count). The number of nitriles is 1. The van der Waals surface area contributed by atoms with E-state index in [1.807, 2.05) is 6.92 Å². The fraction of sp³-hybridized carbons (Fsp3) is 0.300. The summed E-state index contributed by atoms with van der Waals surface area (Å²) >= 11 is 6.66. The molecule has 0 spiro atoms. The zero-order chi connectivity index (χ0) is 23.0. The number of hydrogen-bond donors (Lipinski definition) is 1. The molecule has 0 saturated carbocycles. The van der Waals surface area contributed by atoms with Crippen LogP contribution in [0.25, 0.3) is 11.5 Å². The fourth-order valence-electron chi connectivity index (χ4n) is 3.25. The predicted molar refractivity (Wildman–Crippen MR) is 119 cm³/mol. The molecular formula is C20H18ClN5O4S2. The van der Waals surface area contributed by atoms with Crippen molar-refractivity contribution in [1.82, 2.24) is 14.7 Å². The number of aromatic nitrogens is 2. The van der Waals surface area contributed by atoms with E-state index in [9.17, 15) is 18.5 Å². The van der Waals surface area contributed by atoms with E-state index < -0.39 is 21.8 Å². The molecule has 32 heavy (non-hydrogen) atoms. The van der Waals surface area contributed by atoms with Crippen LogP contribution < -0.4 is 9.62 Å². The number of nitrogens with zero attached hydrogens (tertiary/aromatic N) is 4. The summed E-state index contributed by atoms with van der Waals surface area (Å²) in [5, 5.41) is 9.62. The van der Waals surface area contributed by atoms with Crippen LogP contribution in [0.3, 0.4) is 0 Å². The van der Waals surface area contributed by atoms with E-state index in [4.69, 9.17) is 16.0 Å². The van der Waals surface area contributed by atoms with E-state index in [0.717, 1.165) is 17.1 Å². The molecule has 1 aliphatic rings. The van der Waals surface area contributed by atoms with Crippen molar-refractivity contribution in [1.29, 1.82) is 5.26 Å². The second-order valence-corrected chi connectivity index (χ2v) is 10.8. The van der Waals surface area contributed by atoms with Crippen LogP contribution in [0.1, 0.15) is 23.9 Å². The third kappa shape index (κ3) is 4.21. The standard InChI is InChI=1S/C20H18ClN5O4S2/c1-3-14-8-23-20(30-14)15-6-12(7-22)18(24-11(15)2)26-9-13(10-26)19(27)25-32(28,29)17-5-4-16(21)31-17/h4-6,8,13H,3,9-10H2,1-2H3,(H,25,27). The molecule has 1 aliphatic heterocycles. The van der Waals surface area contributed by atoms with Crippen molar-refractivity contribution in [2.75, 3.05) is 18.0 Å². The molecule has 3 aromatic rings. The molecular weight excluding hydrogens is 474 g/mol. The first-order valence-electron chi connectivity index (χ1n) is 9.65. The third-order valence-electron chi connectivity index (χ3n) is 5.05. The molecule has 9 nitrogen and oxygen atoms in total. The molecule has 1 saturated heterocycles. The van der Waals surface area contributed by atoms with Crippen LogP contribution in [0.4, 0.5) is 5.82 Å². The summed E-state index contributed by atoms with van der Waals surface area (Å²) < 4.78 is 32.7. The van der Waals surface area contributed by atoms with E-state index in [-0.39, 0.29) is 17.3 Å². The zero-order valence-corrected chi connectivity index (χ0v) is 19.5. The number of carbonyl (C=O) groups excluding carboxylic acids is 1. The fourth-order valence-corrected chi connectivity index (χ4v) is 5.78. The van der Waals surface area contributed by atoms with Gasteiger partial charge in [-0.1, -0.05) is 18.5 Å². The highest BCUT2D eigenvalue weighted by Gasteiger charge is 2.37. The highest BCUT2D eigenvalue weighted by atomic mass is 35.5. The highest BCUT2D eigenvalue weighted by Crippen LogP contribution is 2.32. The average Bonchev–Trinajstić information content (AvgIpc) is 3.36. The van der Waals surface area contributed by atoms with E-state index in [1.165, 1.54) is 12.1 Å². The highest BCUT2D eigenvalue weighted by molar-refractivity contribution is 7.92. The van der Waals surface area contributed by atoms with Crippen LogP contribution in [-0.2, 0) is 21.2 Å². The van der Waals surface area contributed by atoms with Crippen molar-refractivity contribution in [2.24, 2.45) is 5.92 Å². The Morgan fingerprint density at radius 2 is 2.19 bits per heavy atom. The summed E-state index contributed by atoms with van der Waals surface area (Å²) in [6.45, 7) is 4.23. The maximum Gasteiger partial charge on any atom is 0.273 e. The molecule has 12 heteroatoms. The van der Waals surface area contributed by atoms with Crippen molar-refractivity contribution in [2.45, 2.75) is 24.5 Å². The van der Waals surface area contributed by atoms with E-state index >= 15 is 0 Å². The maximum absolute atomic E-state index is 12.4. The Balaban J connectivity index is 1.47. The van der Waals surface area contributed by atoms with Crippen LogP contribution in [0.15, 0.2) is 33.0 Å². The van der Waals surface area contributed by atoms with Crippen LogP contribution in [0.2, 0.25) is 4.34 Å². The van der Waals surface area contributed by atoms with Gasteiger partial charge in [0.2, 0.25) is 11.8 Å². The molecule has 166 valence electrons. The Bertz CT molecular complexity index is 1340. The van der Waals surface area contributed by atoms with E-state index in [0.29, 0.717) is 39.3 Å². The summed E-state index contributed by atoms with van der Waals surface area (Å²) in [5.74, 6) is 0.415. The van der Waals surface area contributed by atoms with E-state index in [2.05, 4.69) is 20.8 Å². The van der Waals surface area contributed by atoms with Crippen molar-refractivity contribution < 1.29 is 17.6 Å². The monoisotopic (exact) mass is 491 g/mol. The Morgan fingerprint density at radius 1 is 1.44 bits per heavy atom. The van der Waals surface area contributed by atoms with Crippen molar-refractivity contribution >= 4 is 44.7 Å². The smallest absolute Gasteiger partial charge is 0.273 e. The third-order valence-corrected chi connectivity index (χ3v) is 8.12. The number of pyridine rings is 1. The molecule has 1 fully saturated rings. The normalized spacial score (nSPS) is 14.1. The lowest BCUT2D eigenvalue weighted by Gasteiger charge is -2.39. The molecule has 1 amide bonds. The summed E-state index contributed by atoms with van der Waals surface area (Å²) in [5.41, 5.74) is 1.58. The molecule has 3 aromatic heterocycles. The summed E-state index contributed by atoms with van der Waals surface area (Å²) in [7, 11) is -3.97. The largest absolute Gasteiger partial charge is 0.441 e. The predicted octanol–water partition coefficient (Wildman–Crippen LogP) is 3.14. The SMILES string of the molecule is CCc1cnc(-c2cc(C#N)c(N3CC(C(=O)NS(=O)(=O)c4ccc(Cl)s4)C3)nc2C)o1. The number of amides is 1. The number of aryl methyl sites for hydroxylation is 2. The summed E-state index contributed by atoms with van der Waals surface area (Å²) in [6.07, 6.45) is 2.35. The molecule has 4 heterocycles. The van der Waals surface area contributed by atoms with Gasteiger partial charge in [-0.3, -0.25) is 4.79 Å². The number of hydrogen-bond acceptors (Lipinski definition) is 9. The van der Waals surface area contributed by atoms with Crippen LogP contribution in [0, 0.1) is 24.2 Å². The van der Waals surface area contributed by atoms with Gasteiger partial charge in [-0.2, -0.15) is 5.26 Å². The van der Waals surface area contributed by atoms with Gasteiger partial charge in [0.05, 0.1) is 33.3 Å². The van der Waals surface area contributed by atoms with Crippen molar-refractivity contribution in [3.05, 3.63) is 45.7 Å². The first kappa shape index (κ1) is 22.3. The molecule has 0 atom stereocenters. The van der Waals surface area contributed by atoms with Gasteiger partial charge in [0.1, 0.15) is 21.9 Å². The second-order valence-electron chi connectivity index (χ2n) is 7.22. The molecule has 0 aromatic carbocycles. The van der Waals surface area contributed by atoms with E-state index in [1.54, 1.807) is 24.1 Å². The number of thiophene rings is 1. The Morgan fingerprint density at radius 3 is 2.78 bits per heavy atom. The van der Waals surface area contributed by atoms with Gasteiger partial charge in [0.15, 0.2) is 0 Å². The van der Waals surface area contributed by atoms with Crippen molar-refractivity contribution in [3.63, 3.8) is 0 Å². The minimum atomic E-state index is -3.97.